The summed E-state index contributed by atoms with van der Waals surface area (Å²) in [7, 11) is 0. The lowest BCUT2D eigenvalue weighted by Crippen LogP contribution is -2.26. The maximum atomic E-state index is 11.4. The fourth-order valence-electron chi connectivity index (χ4n) is 1.74. The van der Waals surface area contributed by atoms with Gasteiger partial charge in [0.1, 0.15) is 5.60 Å². The van der Waals surface area contributed by atoms with Gasteiger partial charge in [0.2, 0.25) is 0 Å². The minimum absolute atomic E-state index is 0.241. The third-order valence-electron chi connectivity index (χ3n) is 2.98. The first-order chi connectivity index (χ1) is 8.52. The van der Waals surface area contributed by atoms with Crippen molar-refractivity contribution in [2.45, 2.75) is 91.1 Å². The van der Waals surface area contributed by atoms with Gasteiger partial charge in [0, 0.05) is 6.42 Å². The monoisotopic (exact) mass is 258 g/mol. The van der Waals surface area contributed by atoms with E-state index in [4.69, 9.17) is 9.78 Å². The van der Waals surface area contributed by atoms with Gasteiger partial charge in [0.15, 0.2) is 0 Å². The lowest BCUT2D eigenvalue weighted by atomic mass is 10.0. The van der Waals surface area contributed by atoms with Crippen molar-refractivity contribution in [3.8, 4) is 0 Å². The summed E-state index contributed by atoms with van der Waals surface area (Å²) >= 11 is 0. The standard InChI is InChI=1S/C15H30O3/c1-5-7-9-10-12-14(16)17-18-15(3,4)13-11-8-6-2/h5-13H2,1-4H3. The predicted octanol–water partition coefficient (Wildman–Crippen LogP) is 4.79. The Balaban J connectivity index is 3.62. The van der Waals surface area contributed by atoms with Crippen LogP contribution in [0.3, 0.4) is 0 Å². The first-order valence-corrected chi connectivity index (χ1v) is 7.40. The van der Waals surface area contributed by atoms with E-state index in [0.29, 0.717) is 6.42 Å². The molecule has 0 aromatic rings. The third kappa shape index (κ3) is 10.6. The summed E-state index contributed by atoms with van der Waals surface area (Å²) in [4.78, 5) is 21.6. The molecular formula is C15H30O3. The van der Waals surface area contributed by atoms with Gasteiger partial charge >= 0.3 is 5.97 Å². The molecule has 0 aliphatic rings. The molecule has 18 heavy (non-hydrogen) atoms. The molecule has 3 nitrogen and oxygen atoms in total. The highest BCUT2D eigenvalue weighted by Gasteiger charge is 2.21. The van der Waals surface area contributed by atoms with E-state index in [2.05, 4.69) is 13.8 Å². The molecule has 108 valence electrons. The van der Waals surface area contributed by atoms with Crippen LogP contribution in [0.5, 0.6) is 0 Å². The topological polar surface area (TPSA) is 35.5 Å². The molecule has 0 rings (SSSR count). The SMILES string of the molecule is CCCCCCC(=O)OOC(C)(C)CCCCC. The van der Waals surface area contributed by atoms with Gasteiger partial charge in [-0.25, -0.2) is 4.79 Å². The van der Waals surface area contributed by atoms with Crippen molar-refractivity contribution in [3.63, 3.8) is 0 Å². The molecule has 0 saturated heterocycles. The number of rotatable bonds is 11. The molecule has 0 saturated carbocycles. The zero-order valence-corrected chi connectivity index (χ0v) is 12.6. The second kappa shape index (κ2) is 10.4. The van der Waals surface area contributed by atoms with E-state index < -0.39 is 0 Å². The molecule has 0 unspecified atom stereocenters. The summed E-state index contributed by atoms with van der Waals surface area (Å²) in [5.41, 5.74) is -0.367. The highest BCUT2D eigenvalue weighted by molar-refractivity contribution is 5.68. The Hall–Kier alpha value is -0.570. The average Bonchev–Trinajstić information content (AvgIpc) is 2.32. The van der Waals surface area contributed by atoms with Gasteiger partial charge in [-0.3, -0.25) is 4.89 Å². The van der Waals surface area contributed by atoms with Crippen molar-refractivity contribution in [3.05, 3.63) is 0 Å². The quantitative estimate of drug-likeness (QED) is 0.303. The molecule has 0 heterocycles. The van der Waals surface area contributed by atoms with Crippen molar-refractivity contribution < 1.29 is 14.6 Å². The number of unbranched alkanes of at least 4 members (excludes halogenated alkanes) is 5. The molecule has 0 atom stereocenters. The summed E-state index contributed by atoms with van der Waals surface area (Å²) in [6.45, 7) is 8.25. The van der Waals surface area contributed by atoms with Gasteiger partial charge in [-0.05, 0) is 26.7 Å². The van der Waals surface area contributed by atoms with E-state index in [1.807, 2.05) is 13.8 Å². The van der Waals surface area contributed by atoms with Crippen LogP contribution in [0.25, 0.3) is 0 Å². The molecular weight excluding hydrogens is 228 g/mol. The summed E-state index contributed by atoms with van der Waals surface area (Å²) in [6, 6.07) is 0. The van der Waals surface area contributed by atoms with Crippen LogP contribution >= 0.6 is 0 Å². The zero-order chi connectivity index (χ0) is 13.9. The van der Waals surface area contributed by atoms with Crippen LogP contribution < -0.4 is 0 Å². The molecule has 3 heteroatoms. The summed E-state index contributed by atoms with van der Waals surface area (Å²) < 4.78 is 0. The van der Waals surface area contributed by atoms with Crippen LogP contribution in [-0.4, -0.2) is 11.6 Å². The maximum Gasteiger partial charge on any atom is 0.342 e. The Labute approximate surface area is 112 Å². The first-order valence-electron chi connectivity index (χ1n) is 7.40. The first kappa shape index (κ1) is 17.4. The number of hydrogen-bond donors (Lipinski definition) is 0. The number of carbonyl (C=O) groups is 1. The van der Waals surface area contributed by atoms with Gasteiger partial charge < -0.3 is 0 Å². The molecule has 0 bridgehead atoms. The van der Waals surface area contributed by atoms with E-state index >= 15 is 0 Å². The van der Waals surface area contributed by atoms with Crippen molar-refractivity contribution >= 4 is 5.97 Å². The zero-order valence-electron chi connectivity index (χ0n) is 12.6. The van der Waals surface area contributed by atoms with Crippen LogP contribution in [0.1, 0.15) is 85.5 Å². The molecule has 0 spiro atoms. The molecule has 0 radical (unpaired) electrons. The summed E-state index contributed by atoms with van der Waals surface area (Å²) in [5.74, 6) is -0.241. The van der Waals surface area contributed by atoms with E-state index in [1.165, 1.54) is 25.7 Å². The van der Waals surface area contributed by atoms with E-state index in [0.717, 1.165) is 25.7 Å². The Bertz CT molecular complexity index is 212. The van der Waals surface area contributed by atoms with Gasteiger partial charge in [-0.1, -0.05) is 52.4 Å². The van der Waals surface area contributed by atoms with Gasteiger partial charge in [-0.15, -0.1) is 0 Å². The highest BCUT2D eigenvalue weighted by atomic mass is 17.2. The largest absolute Gasteiger partial charge is 0.342 e. The Morgan fingerprint density at radius 2 is 1.56 bits per heavy atom. The maximum absolute atomic E-state index is 11.4. The van der Waals surface area contributed by atoms with Crippen LogP contribution in [0.2, 0.25) is 0 Å². The van der Waals surface area contributed by atoms with Crippen molar-refractivity contribution in [1.82, 2.24) is 0 Å². The lowest BCUT2D eigenvalue weighted by Gasteiger charge is -2.22. The Morgan fingerprint density at radius 3 is 2.17 bits per heavy atom. The lowest BCUT2D eigenvalue weighted by molar-refractivity contribution is -0.326. The van der Waals surface area contributed by atoms with Crippen molar-refractivity contribution in [2.24, 2.45) is 0 Å². The third-order valence-corrected chi connectivity index (χ3v) is 2.98. The van der Waals surface area contributed by atoms with E-state index in [-0.39, 0.29) is 11.6 Å². The minimum Gasteiger partial charge on any atom is -0.298 e. The predicted molar refractivity (Wildman–Crippen MR) is 74.2 cm³/mol. The normalized spacial score (nSPS) is 11.6. The molecule has 0 aliphatic heterocycles. The van der Waals surface area contributed by atoms with E-state index in [1.54, 1.807) is 0 Å². The summed E-state index contributed by atoms with van der Waals surface area (Å²) in [6.07, 6.45) is 9.21. The molecule has 0 aliphatic carbocycles. The van der Waals surface area contributed by atoms with Crippen LogP contribution in [0, 0.1) is 0 Å². The molecule has 0 N–H and O–H groups in total. The van der Waals surface area contributed by atoms with Crippen molar-refractivity contribution in [1.29, 1.82) is 0 Å². The highest BCUT2D eigenvalue weighted by Crippen LogP contribution is 2.19. The van der Waals surface area contributed by atoms with Gasteiger partial charge in [0.05, 0.1) is 0 Å². The summed E-state index contributed by atoms with van der Waals surface area (Å²) in [5, 5.41) is 0. The smallest absolute Gasteiger partial charge is 0.298 e. The molecule has 0 amide bonds. The second-order valence-electron chi connectivity index (χ2n) is 5.57. The van der Waals surface area contributed by atoms with Crippen LogP contribution in [0.15, 0.2) is 0 Å². The Morgan fingerprint density at radius 1 is 0.944 bits per heavy atom. The fourth-order valence-corrected chi connectivity index (χ4v) is 1.74. The average molecular weight is 258 g/mol. The number of hydrogen-bond acceptors (Lipinski definition) is 3. The fraction of sp³-hybridized carbons (Fsp3) is 0.933. The molecule has 0 aromatic heterocycles. The van der Waals surface area contributed by atoms with Crippen LogP contribution in [-0.2, 0) is 14.6 Å². The van der Waals surface area contributed by atoms with Crippen molar-refractivity contribution in [2.75, 3.05) is 0 Å². The molecule has 0 aromatic carbocycles. The van der Waals surface area contributed by atoms with Gasteiger partial charge in [0.25, 0.3) is 0 Å². The molecule has 0 fully saturated rings. The minimum atomic E-state index is -0.367. The van der Waals surface area contributed by atoms with Crippen LogP contribution in [0.4, 0.5) is 0 Å². The van der Waals surface area contributed by atoms with E-state index in [9.17, 15) is 4.79 Å². The van der Waals surface area contributed by atoms with Gasteiger partial charge in [-0.2, -0.15) is 4.89 Å². The number of carbonyl (C=O) groups excluding carboxylic acids is 1. The second-order valence-corrected chi connectivity index (χ2v) is 5.57. The Kier molecular flexibility index (Phi) is 10.0.